The molecule has 0 aliphatic heterocycles. The number of pyridine rings is 2. The molecule has 0 fully saturated rings. The summed E-state index contributed by atoms with van der Waals surface area (Å²) in [4.78, 5) is 26.0. The van der Waals surface area contributed by atoms with E-state index in [2.05, 4.69) is 0 Å². The number of hydrogen-bond acceptors (Lipinski definition) is 4. The fourth-order valence-corrected chi connectivity index (χ4v) is 3.70. The van der Waals surface area contributed by atoms with Crippen molar-refractivity contribution in [2.45, 2.75) is 20.5 Å². The number of nitriles is 2. The third-order valence-electron chi connectivity index (χ3n) is 5.58. The second-order valence-corrected chi connectivity index (χ2v) is 7.86. The lowest BCUT2D eigenvalue weighted by atomic mass is 10.0. The van der Waals surface area contributed by atoms with E-state index in [0.29, 0.717) is 11.1 Å². The Bertz CT molecular complexity index is 1430. The smallest absolute Gasteiger partial charge is 0.270 e. The second-order valence-electron chi connectivity index (χ2n) is 7.86. The lowest BCUT2D eigenvalue weighted by Gasteiger charge is -2.13. The molecule has 0 amide bonds. The number of aryl methyl sites for hydroxylation is 2. The van der Waals surface area contributed by atoms with E-state index < -0.39 is 11.1 Å². The standard InChI is InChI=1S/C27H20N4O2/c1-18-3-7-20(8-4-18)22-11-13-30(26(32)24(22)15-28)17-31-14-12-23(25(16-29)27(31)33)21-9-5-19(2)6-10-21/h3-14H,17H2,1-2H3. The minimum absolute atomic E-state index is 0.00573. The van der Waals surface area contributed by atoms with Gasteiger partial charge in [0.1, 0.15) is 29.9 Å². The minimum Gasteiger partial charge on any atom is -0.296 e. The van der Waals surface area contributed by atoms with Gasteiger partial charge in [-0.3, -0.25) is 18.7 Å². The maximum atomic E-state index is 13.0. The molecule has 0 saturated heterocycles. The molecule has 0 aliphatic carbocycles. The molecule has 4 rings (SSSR count). The maximum absolute atomic E-state index is 13.0. The van der Waals surface area contributed by atoms with Gasteiger partial charge in [-0.25, -0.2) is 0 Å². The van der Waals surface area contributed by atoms with Crippen molar-refractivity contribution in [2.75, 3.05) is 0 Å². The Balaban J connectivity index is 1.75. The van der Waals surface area contributed by atoms with Gasteiger partial charge < -0.3 is 0 Å². The average molecular weight is 432 g/mol. The number of nitrogens with zero attached hydrogens (tertiary/aromatic N) is 4. The molecule has 0 spiro atoms. The van der Waals surface area contributed by atoms with E-state index in [4.69, 9.17) is 0 Å². The summed E-state index contributed by atoms with van der Waals surface area (Å²) < 4.78 is 2.59. The fourth-order valence-electron chi connectivity index (χ4n) is 3.70. The molecule has 4 aromatic rings. The van der Waals surface area contributed by atoms with Crippen molar-refractivity contribution in [3.8, 4) is 34.4 Å². The normalized spacial score (nSPS) is 10.4. The van der Waals surface area contributed by atoms with Crippen LogP contribution in [-0.4, -0.2) is 9.13 Å². The second kappa shape index (κ2) is 8.82. The fraction of sp³-hybridized carbons (Fsp3) is 0.111. The Morgan fingerprint density at radius 2 is 1.00 bits per heavy atom. The van der Waals surface area contributed by atoms with Gasteiger partial charge in [0.2, 0.25) is 0 Å². The Kier molecular flexibility index (Phi) is 5.76. The average Bonchev–Trinajstić information content (AvgIpc) is 2.82. The molecule has 33 heavy (non-hydrogen) atoms. The van der Waals surface area contributed by atoms with Gasteiger partial charge in [-0.15, -0.1) is 0 Å². The first-order chi connectivity index (χ1) is 15.9. The highest BCUT2D eigenvalue weighted by molar-refractivity contribution is 5.71. The van der Waals surface area contributed by atoms with Gasteiger partial charge in [-0.2, -0.15) is 10.5 Å². The van der Waals surface area contributed by atoms with Gasteiger partial charge in [0.05, 0.1) is 0 Å². The van der Waals surface area contributed by atoms with Crippen molar-refractivity contribution in [1.82, 2.24) is 9.13 Å². The van der Waals surface area contributed by atoms with Crippen LogP contribution in [-0.2, 0) is 6.67 Å². The van der Waals surface area contributed by atoms with Crippen LogP contribution >= 0.6 is 0 Å². The number of hydrogen-bond donors (Lipinski definition) is 0. The molecule has 6 heteroatoms. The minimum atomic E-state index is -0.497. The lowest BCUT2D eigenvalue weighted by molar-refractivity contribution is 0.570. The highest BCUT2D eigenvalue weighted by Gasteiger charge is 2.15. The molecule has 160 valence electrons. The highest BCUT2D eigenvalue weighted by Crippen LogP contribution is 2.23. The van der Waals surface area contributed by atoms with Crippen LogP contribution in [0.3, 0.4) is 0 Å². The molecule has 2 aromatic heterocycles. The van der Waals surface area contributed by atoms with Crippen LogP contribution in [0.25, 0.3) is 22.3 Å². The largest absolute Gasteiger partial charge is 0.296 e. The molecule has 0 bridgehead atoms. The van der Waals surface area contributed by atoms with Crippen LogP contribution in [0.15, 0.2) is 82.6 Å². The predicted octanol–water partition coefficient (Wildman–Crippen LogP) is 4.21. The van der Waals surface area contributed by atoms with E-state index in [1.54, 1.807) is 24.5 Å². The first-order valence-corrected chi connectivity index (χ1v) is 10.3. The number of aromatic nitrogens is 2. The predicted molar refractivity (Wildman–Crippen MR) is 127 cm³/mol. The summed E-state index contributed by atoms with van der Waals surface area (Å²) in [7, 11) is 0. The third-order valence-corrected chi connectivity index (χ3v) is 5.58. The summed E-state index contributed by atoms with van der Waals surface area (Å²) >= 11 is 0. The van der Waals surface area contributed by atoms with Crippen LogP contribution in [0.4, 0.5) is 0 Å². The Morgan fingerprint density at radius 1 is 0.636 bits per heavy atom. The molecule has 2 heterocycles. The van der Waals surface area contributed by atoms with Crippen molar-refractivity contribution in [2.24, 2.45) is 0 Å². The maximum Gasteiger partial charge on any atom is 0.270 e. The van der Waals surface area contributed by atoms with E-state index in [1.807, 2.05) is 74.5 Å². The van der Waals surface area contributed by atoms with Crippen LogP contribution in [0.1, 0.15) is 22.3 Å². The van der Waals surface area contributed by atoms with Crippen molar-refractivity contribution < 1.29 is 0 Å². The van der Waals surface area contributed by atoms with Crippen LogP contribution < -0.4 is 11.1 Å². The van der Waals surface area contributed by atoms with Crippen LogP contribution in [0.2, 0.25) is 0 Å². The number of rotatable bonds is 4. The van der Waals surface area contributed by atoms with E-state index in [1.165, 1.54) is 9.13 Å². The van der Waals surface area contributed by atoms with Crippen LogP contribution in [0.5, 0.6) is 0 Å². The van der Waals surface area contributed by atoms with Crippen molar-refractivity contribution >= 4 is 0 Å². The van der Waals surface area contributed by atoms with Gasteiger partial charge in [-0.05, 0) is 37.1 Å². The summed E-state index contributed by atoms with van der Waals surface area (Å²) in [6.45, 7) is 3.82. The lowest BCUT2D eigenvalue weighted by Crippen LogP contribution is -2.31. The first-order valence-electron chi connectivity index (χ1n) is 10.3. The molecule has 0 aliphatic rings. The monoisotopic (exact) mass is 432 g/mol. The molecule has 6 nitrogen and oxygen atoms in total. The molecular formula is C27H20N4O2. The van der Waals surface area contributed by atoms with E-state index in [9.17, 15) is 20.1 Å². The zero-order chi connectivity index (χ0) is 23.5. The topological polar surface area (TPSA) is 91.6 Å². The molecule has 0 unspecified atom stereocenters. The SMILES string of the molecule is Cc1ccc(-c2ccn(Cn3ccc(-c4ccc(C)cc4)c(C#N)c3=O)c(=O)c2C#N)cc1. The summed E-state index contributed by atoms with van der Waals surface area (Å²) in [5.74, 6) is 0. The van der Waals surface area contributed by atoms with Crippen LogP contribution in [0, 0.1) is 36.5 Å². The first kappa shape index (κ1) is 21.5. The zero-order valence-electron chi connectivity index (χ0n) is 18.2. The van der Waals surface area contributed by atoms with Gasteiger partial charge in [0.15, 0.2) is 0 Å². The number of benzene rings is 2. The Morgan fingerprint density at radius 3 is 1.33 bits per heavy atom. The van der Waals surface area contributed by atoms with E-state index in [-0.39, 0.29) is 17.8 Å². The van der Waals surface area contributed by atoms with Crippen molar-refractivity contribution in [1.29, 1.82) is 10.5 Å². The molecule has 0 N–H and O–H groups in total. The van der Waals surface area contributed by atoms with Crippen molar-refractivity contribution in [3.05, 3.63) is 116 Å². The van der Waals surface area contributed by atoms with Crippen molar-refractivity contribution in [3.63, 3.8) is 0 Å². The molecular weight excluding hydrogens is 412 g/mol. The zero-order valence-corrected chi connectivity index (χ0v) is 18.2. The van der Waals surface area contributed by atoms with E-state index in [0.717, 1.165) is 22.3 Å². The molecule has 2 aromatic carbocycles. The molecule has 0 atom stereocenters. The molecule has 0 saturated carbocycles. The van der Waals surface area contributed by atoms with Gasteiger partial charge in [-0.1, -0.05) is 59.7 Å². The van der Waals surface area contributed by atoms with Gasteiger partial charge in [0.25, 0.3) is 11.1 Å². The quantitative estimate of drug-likeness (QED) is 0.483. The summed E-state index contributed by atoms with van der Waals surface area (Å²) in [6.07, 6.45) is 3.12. The summed E-state index contributed by atoms with van der Waals surface area (Å²) in [5, 5.41) is 19.3. The van der Waals surface area contributed by atoms with E-state index >= 15 is 0 Å². The Labute approximate surface area is 190 Å². The summed E-state index contributed by atoms with van der Waals surface area (Å²) in [5.41, 5.74) is 3.79. The third kappa shape index (κ3) is 4.11. The molecule has 0 radical (unpaired) electrons. The summed E-state index contributed by atoms with van der Waals surface area (Å²) in [6, 6.07) is 22.5. The Hall–Kier alpha value is -4.68. The van der Waals surface area contributed by atoms with Gasteiger partial charge in [0, 0.05) is 23.5 Å². The van der Waals surface area contributed by atoms with Gasteiger partial charge >= 0.3 is 0 Å². The highest BCUT2D eigenvalue weighted by atomic mass is 16.1.